The van der Waals surface area contributed by atoms with E-state index in [0.717, 1.165) is 25.7 Å². The van der Waals surface area contributed by atoms with Crippen LogP contribution in [0.5, 0.6) is 0 Å². The number of nitrogens with two attached hydrogens (primary N) is 1. The monoisotopic (exact) mass is 213 g/mol. The Morgan fingerprint density at radius 3 is 2.87 bits per heavy atom. The molecular weight excluding hydrogens is 190 g/mol. The predicted octanol–water partition coefficient (Wildman–Crippen LogP) is 2.24. The third-order valence-electron chi connectivity index (χ3n) is 3.07. The summed E-state index contributed by atoms with van der Waals surface area (Å²) in [6, 6.07) is -0.424. The lowest BCUT2D eigenvalue weighted by Gasteiger charge is -2.27. The van der Waals surface area contributed by atoms with E-state index >= 15 is 0 Å². The number of ether oxygens (including phenoxy) is 1. The van der Waals surface area contributed by atoms with E-state index in [-0.39, 0.29) is 12.1 Å². The average molecular weight is 213 g/mol. The second-order valence-electron chi connectivity index (χ2n) is 4.73. The summed E-state index contributed by atoms with van der Waals surface area (Å²) in [7, 11) is 0. The van der Waals surface area contributed by atoms with E-state index in [9.17, 15) is 4.79 Å². The van der Waals surface area contributed by atoms with Gasteiger partial charge in [0.1, 0.15) is 12.1 Å². The molecular formula is C12H23NO2. The van der Waals surface area contributed by atoms with Gasteiger partial charge < -0.3 is 10.5 Å². The Morgan fingerprint density at radius 1 is 1.53 bits per heavy atom. The van der Waals surface area contributed by atoms with Crippen molar-refractivity contribution in [2.45, 2.75) is 64.5 Å². The fourth-order valence-corrected chi connectivity index (χ4v) is 2.17. The van der Waals surface area contributed by atoms with Crippen LogP contribution in [0.1, 0.15) is 52.4 Å². The van der Waals surface area contributed by atoms with E-state index in [1.54, 1.807) is 0 Å². The molecule has 0 aromatic heterocycles. The zero-order chi connectivity index (χ0) is 11.3. The molecule has 0 saturated heterocycles. The van der Waals surface area contributed by atoms with Crippen LogP contribution in [0.15, 0.2) is 0 Å². The molecule has 0 bridgehead atoms. The first-order valence-corrected chi connectivity index (χ1v) is 6.09. The number of rotatable bonds is 4. The van der Waals surface area contributed by atoms with Gasteiger partial charge in [-0.3, -0.25) is 4.79 Å². The van der Waals surface area contributed by atoms with Gasteiger partial charge >= 0.3 is 5.97 Å². The molecule has 3 unspecified atom stereocenters. The molecule has 0 aromatic rings. The number of hydrogen-bond donors (Lipinski definition) is 1. The smallest absolute Gasteiger partial charge is 0.323 e. The standard InChI is InChI=1S/C12H23NO2/c1-3-5-11(13)12(14)15-10-7-4-6-9(2)8-10/h9-11H,3-8,13H2,1-2H3. The van der Waals surface area contributed by atoms with E-state index < -0.39 is 6.04 Å². The van der Waals surface area contributed by atoms with Crippen molar-refractivity contribution in [1.82, 2.24) is 0 Å². The molecule has 3 atom stereocenters. The van der Waals surface area contributed by atoms with Crippen LogP contribution in [0.2, 0.25) is 0 Å². The second-order valence-corrected chi connectivity index (χ2v) is 4.73. The van der Waals surface area contributed by atoms with Crippen molar-refractivity contribution >= 4 is 5.97 Å². The molecule has 3 nitrogen and oxygen atoms in total. The fourth-order valence-electron chi connectivity index (χ4n) is 2.17. The molecule has 0 aromatic carbocycles. The minimum atomic E-state index is -0.424. The van der Waals surface area contributed by atoms with Crippen molar-refractivity contribution in [3.63, 3.8) is 0 Å². The minimum Gasteiger partial charge on any atom is -0.461 e. The van der Waals surface area contributed by atoms with Crippen molar-refractivity contribution in [3.8, 4) is 0 Å². The van der Waals surface area contributed by atoms with Crippen molar-refractivity contribution in [3.05, 3.63) is 0 Å². The molecule has 0 heterocycles. The average Bonchev–Trinajstić information content (AvgIpc) is 2.18. The van der Waals surface area contributed by atoms with Gasteiger partial charge in [0, 0.05) is 0 Å². The number of carbonyl (C=O) groups excluding carboxylic acids is 1. The Labute approximate surface area is 92.4 Å². The van der Waals surface area contributed by atoms with Gasteiger partial charge in [-0.1, -0.05) is 26.7 Å². The number of hydrogen-bond acceptors (Lipinski definition) is 3. The van der Waals surface area contributed by atoms with Crippen molar-refractivity contribution in [2.24, 2.45) is 11.7 Å². The molecule has 88 valence electrons. The highest BCUT2D eigenvalue weighted by Gasteiger charge is 2.24. The van der Waals surface area contributed by atoms with Gasteiger partial charge in [-0.05, 0) is 31.6 Å². The molecule has 0 aliphatic heterocycles. The van der Waals surface area contributed by atoms with Crippen LogP contribution in [0.4, 0.5) is 0 Å². The zero-order valence-electron chi connectivity index (χ0n) is 9.87. The molecule has 1 fully saturated rings. The van der Waals surface area contributed by atoms with Gasteiger partial charge in [0.2, 0.25) is 0 Å². The zero-order valence-corrected chi connectivity index (χ0v) is 9.87. The van der Waals surface area contributed by atoms with Crippen LogP contribution < -0.4 is 5.73 Å². The van der Waals surface area contributed by atoms with E-state index in [1.165, 1.54) is 12.8 Å². The summed E-state index contributed by atoms with van der Waals surface area (Å²) < 4.78 is 5.41. The molecule has 0 amide bonds. The molecule has 3 heteroatoms. The van der Waals surface area contributed by atoms with E-state index in [2.05, 4.69) is 6.92 Å². The molecule has 0 radical (unpaired) electrons. The summed E-state index contributed by atoms with van der Waals surface area (Å²) in [5.41, 5.74) is 5.71. The number of esters is 1. The third kappa shape index (κ3) is 4.20. The highest BCUT2D eigenvalue weighted by Crippen LogP contribution is 2.25. The van der Waals surface area contributed by atoms with Crippen LogP contribution in [0.25, 0.3) is 0 Å². The van der Waals surface area contributed by atoms with E-state index in [0.29, 0.717) is 5.92 Å². The Kier molecular flexibility index (Phi) is 5.09. The largest absolute Gasteiger partial charge is 0.461 e. The summed E-state index contributed by atoms with van der Waals surface area (Å²) in [6.45, 7) is 4.24. The summed E-state index contributed by atoms with van der Waals surface area (Å²) in [5, 5.41) is 0. The van der Waals surface area contributed by atoms with Gasteiger partial charge in [-0.2, -0.15) is 0 Å². The van der Waals surface area contributed by atoms with Crippen LogP contribution in [0, 0.1) is 5.92 Å². The highest BCUT2D eigenvalue weighted by molar-refractivity contribution is 5.75. The van der Waals surface area contributed by atoms with Gasteiger partial charge in [0.25, 0.3) is 0 Å². The topological polar surface area (TPSA) is 52.3 Å². The fraction of sp³-hybridized carbons (Fsp3) is 0.917. The summed E-state index contributed by atoms with van der Waals surface area (Å²) in [6.07, 6.45) is 6.21. The maximum absolute atomic E-state index is 11.6. The van der Waals surface area contributed by atoms with Crippen molar-refractivity contribution in [1.29, 1.82) is 0 Å². The molecule has 1 aliphatic rings. The molecule has 1 saturated carbocycles. The minimum absolute atomic E-state index is 0.115. The molecule has 0 spiro atoms. The Bertz CT molecular complexity index is 206. The SMILES string of the molecule is CCCC(N)C(=O)OC1CCCC(C)C1. The van der Waals surface area contributed by atoms with Crippen molar-refractivity contribution < 1.29 is 9.53 Å². The summed E-state index contributed by atoms with van der Waals surface area (Å²) in [4.78, 5) is 11.6. The van der Waals surface area contributed by atoms with Crippen LogP contribution >= 0.6 is 0 Å². The second kappa shape index (κ2) is 6.11. The maximum Gasteiger partial charge on any atom is 0.323 e. The predicted molar refractivity (Wildman–Crippen MR) is 60.4 cm³/mol. The van der Waals surface area contributed by atoms with Crippen molar-refractivity contribution in [2.75, 3.05) is 0 Å². The summed E-state index contributed by atoms with van der Waals surface area (Å²) in [5.74, 6) is 0.467. The van der Waals surface area contributed by atoms with E-state index in [1.807, 2.05) is 6.92 Å². The third-order valence-corrected chi connectivity index (χ3v) is 3.07. The normalized spacial score (nSPS) is 28.5. The van der Waals surface area contributed by atoms with Gasteiger partial charge in [0.05, 0.1) is 0 Å². The lowest BCUT2D eigenvalue weighted by molar-refractivity contribution is -0.153. The van der Waals surface area contributed by atoms with Gasteiger partial charge in [0.15, 0.2) is 0 Å². The number of carbonyl (C=O) groups is 1. The van der Waals surface area contributed by atoms with Crippen LogP contribution in [0.3, 0.4) is 0 Å². The quantitative estimate of drug-likeness (QED) is 0.729. The first-order valence-electron chi connectivity index (χ1n) is 6.09. The van der Waals surface area contributed by atoms with Gasteiger partial charge in [-0.15, -0.1) is 0 Å². The lowest BCUT2D eigenvalue weighted by atomic mass is 9.89. The Hall–Kier alpha value is -0.570. The lowest BCUT2D eigenvalue weighted by Crippen LogP contribution is -2.36. The molecule has 1 aliphatic carbocycles. The summed E-state index contributed by atoms with van der Waals surface area (Å²) >= 11 is 0. The first kappa shape index (κ1) is 12.5. The van der Waals surface area contributed by atoms with E-state index in [4.69, 9.17) is 10.5 Å². The highest BCUT2D eigenvalue weighted by atomic mass is 16.5. The maximum atomic E-state index is 11.6. The van der Waals surface area contributed by atoms with Gasteiger partial charge in [-0.25, -0.2) is 0 Å². The Morgan fingerprint density at radius 2 is 2.27 bits per heavy atom. The molecule has 1 rings (SSSR count). The molecule has 2 N–H and O–H groups in total. The molecule has 15 heavy (non-hydrogen) atoms. The Balaban J connectivity index is 2.30. The van der Waals surface area contributed by atoms with Crippen LogP contribution in [-0.2, 0) is 9.53 Å². The first-order chi connectivity index (χ1) is 7.13. The van der Waals surface area contributed by atoms with Crippen LogP contribution in [-0.4, -0.2) is 18.1 Å².